The van der Waals surface area contributed by atoms with Gasteiger partial charge in [0.1, 0.15) is 22.3 Å². The molecule has 0 aliphatic heterocycles. The molecule has 38 heavy (non-hydrogen) atoms. The number of fused-ring (bicyclic) bond motifs is 7. The van der Waals surface area contributed by atoms with Gasteiger partial charge in [-0.05, 0) is 30.3 Å². The Balaban J connectivity index is 1.35. The molecule has 0 amide bonds. The molecule has 0 bridgehead atoms. The summed E-state index contributed by atoms with van der Waals surface area (Å²) in [6, 6.07) is 38.2. The Hall–Kier alpha value is -5.29. The largest absolute Gasteiger partial charge is 0.456 e. The van der Waals surface area contributed by atoms with Crippen molar-refractivity contribution in [2.45, 2.75) is 0 Å². The summed E-state index contributed by atoms with van der Waals surface area (Å²) in [4.78, 5) is 14.5. The first kappa shape index (κ1) is 20.9. The number of aromatic nitrogens is 3. The average Bonchev–Trinajstić information content (AvgIpc) is 3.55. The van der Waals surface area contributed by atoms with Gasteiger partial charge in [-0.25, -0.2) is 15.0 Å². The van der Waals surface area contributed by atoms with Crippen LogP contribution in [-0.2, 0) is 0 Å². The molecule has 5 heteroatoms. The lowest BCUT2D eigenvalue weighted by atomic mass is 10.0. The van der Waals surface area contributed by atoms with Crippen LogP contribution in [0.3, 0.4) is 0 Å². The molecule has 8 aromatic rings. The molecular formula is C33H19N3O2. The summed E-state index contributed by atoms with van der Waals surface area (Å²) in [5.41, 5.74) is 6.05. The highest BCUT2D eigenvalue weighted by Gasteiger charge is 2.18. The molecule has 0 atom stereocenters. The molecule has 3 aromatic heterocycles. The molecular weight excluding hydrogens is 470 g/mol. The molecule has 0 fully saturated rings. The second-order valence-corrected chi connectivity index (χ2v) is 9.26. The van der Waals surface area contributed by atoms with Crippen LogP contribution in [-0.4, -0.2) is 15.0 Å². The zero-order chi connectivity index (χ0) is 25.1. The van der Waals surface area contributed by atoms with Crippen LogP contribution in [0.15, 0.2) is 124 Å². The number of hydrogen-bond donors (Lipinski definition) is 0. The number of hydrogen-bond acceptors (Lipinski definition) is 5. The summed E-state index contributed by atoms with van der Waals surface area (Å²) in [5, 5.41) is 4.24. The third kappa shape index (κ3) is 3.22. The minimum atomic E-state index is 0.596. The first-order chi connectivity index (χ1) is 18.8. The normalized spacial score (nSPS) is 11.7. The molecule has 8 rings (SSSR count). The topological polar surface area (TPSA) is 65.0 Å². The fraction of sp³-hybridized carbons (Fsp3) is 0. The Labute approximate surface area is 217 Å². The lowest BCUT2D eigenvalue weighted by Gasteiger charge is -2.08. The summed E-state index contributed by atoms with van der Waals surface area (Å²) in [5.74, 6) is 1.86. The molecule has 0 unspecified atom stereocenters. The molecule has 3 heterocycles. The third-order valence-electron chi connectivity index (χ3n) is 6.93. The van der Waals surface area contributed by atoms with Gasteiger partial charge in [-0.15, -0.1) is 0 Å². The zero-order valence-electron chi connectivity index (χ0n) is 20.1. The molecule has 0 spiro atoms. The number of furan rings is 2. The predicted molar refractivity (Wildman–Crippen MR) is 151 cm³/mol. The summed E-state index contributed by atoms with van der Waals surface area (Å²) in [7, 11) is 0. The molecule has 0 aliphatic carbocycles. The van der Waals surface area contributed by atoms with Gasteiger partial charge in [0.05, 0.1) is 0 Å². The van der Waals surface area contributed by atoms with Crippen molar-refractivity contribution in [1.82, 2.24) is 15.0 Å². The third-order valence-corrected chi connectivity index (χ3v) is 6.93. The van der Waals surface area contributed by atoms with E-state index < -0.39 is 0 Å². The molecule has 0 saturated carbocycles. The minimum absolute atomic E-state index is 0.596. The van der Waals surface area contributed by atoms with E-state index >= 15 is 0 Å². The maximum absolute atomic E-state index is 6.36. The first-order valence-electron chi connectivity index (χ1n) is 12.5. The van der Waals surface area contributed by atoms with Crippen LogP contribution >= 0.6 is 0 Å². The quantitative estimate of drug-likeness (QED) is 0.248. The van der Waals surface area contributed by atoms with E-state index in [2.05, 4.69) is 18.2 Å². The number of benzene rings is 5. The van der Waals surface area contributed by atoms with Crippen molar-refractivity contribution >= 4 is 43.9 Å². The van der Waals surface area contributed by atoms with E-state index in [1.807, 2.05) is 97.1 Å². The summed E-state index contributed by atoms with van der Waals surface area (Å²) >= 11 is 0. The molecule has 5 aromatic carbocycles. The van der Waals surface area contributed by atoms with Gasteiger partial charge in [-0.2, -0.15) is 0 Å². The maximum atomic E-state index is 6.36. The second kappa shape index (κ2) is 8.11. The molecule has 0 aliphatic rings. The van der Waals surface area contributed by atoms with Gasteiger partial charge in [-0.3, -0.25) is 0 Å². The highest BCUT2D eigenvalue weighted by Crippen LogP contribution is 2.40. The standard InChI is InChI=1S/C33H19N3O2/c1-3-9-20(10-4-1)31-34-32(21-11-5-2-6-12-21)36-33(35-31)22-15-16-24-28(19-22)38-27-18-17-26-29(30(24)27)23-13-7-8-14-25(23)37-26/h1-19H. The summed E-state index contributed by atoms with van der Waals surface area (Å²) in [6.07, 6.45) is 0. The van der Waals surface area contributed by atoms with E-state index in [1.54, 1.807) is 0 Å². The fourth-order valence-electron chi connectivity index (χ4n) is 5.16. The highest BCUT2D eigenvalue weighted by atomic mass is 16.3. The summed E-state index contributed by atoms with van der Waals surface area (Å²) < 4.78 is 12.5. The Kier molecular flexibility index (Phi) is 4.45. The predicted octanol–water partition coefficient (Wildman–Crippen LogP) is 8.67. The van der Waals surface area contributed by atoms with Crippen molar-refractivity contribution in [2.75, 3.05) is 0 Å². The maximum Gasteiger partial charge on any atom is 0.164 e. The molecule has 178 valence electrons. The van der Waals surface area contributed by atoms with Gasteiger partial charge in [-0.1, -0.05) is 84.9 Å². The number of para-hydroxylation sites is 1. The van der Waals surface area contributed by atoms with Crippen LogP contribution in [0.2, 0.25) is 0 Å². The highest BCUT2D eigenvalue weighted by molar-refractivity contribution is 6.25. The van der Waals surface area contributed by atoms with Crippen LogP contribution in [0.1, 0.15) is 0 Å². The number of nitrogens with zero attached hydrogens (tertiary/aromatic N) is 3. The number of rotatable bonds is 3. The fourth-order valence-corrected chi connectivity index (χ4v) is 5.16. The van der Waals surface area contributed by atoms with Crippen LogP contribution in [0.5, 0.6) is 0 Å². The van der Waals surface area contributed by atoms with Crippen LogP contribution in [0.4, 0.5) is 0 Å². The van der Waals surface area contributed by atoms with E-state index in [1.165, 1.54) is 0 Å². The Morgan fingerprint density at radius 3 is 1.50 bits per heavy atom. The van der Waals surface area contributed by atoms with Gasteiger partial charge in [0, 0.05) is 38.2 Å². The summed E-state index contributed by atoms with van der Waals surface area (Å²) in [6.45, 7) is 0. The van der Waals surface area contributed by atoms with Gasteiger partial charge in [0.25, 0.3) is 0 Å². The molecule has 0 N–H and O–H groups in total. The SMILES string of the molecule is c1ccc(-c2nc(-c3ccccc3)nc(-c3ccc4c(c3)oc3ccc5oc6ccccc6c5c34)n2)cc1. The van der Waals surface area contributed by atoms with E-state index in [9.17, 15) is 0 Å². The van der Waals surface area contributed by atoms with Crippen LogP contribution in [0.25, 0.3) is 78.0 Å². The monoisotopic (exact) mass is 489 g/mol. The lowest BCUT2D eigenvalue weighted by Crippen LogP contribution is -2.00. The van der Waals surface area contributed by atoms with Crippen molar-refractivity contribution in [3.05, 3.63) is 115 Å². The van der Waals surface area contributed by atoms with Crippen molar-refractivity contribution in [3.63, 3.8) is 0 Å². The van der Waals surface area contributed by atoms with E-state index in [0.29, 0.717) is 17.5 Å². The van der Waals surface area contributed by atoms with E-state index in [4.69, 9.17) is 23.8 Å². The van der Waals surface area contributed by atoms with Gasteiger partial charge >= 0.3 is 0 Å². The van der Waals surface area contributed by atoms with E-state index in [0.717, 1.165) is 60.6 Å². The second-order valence-electron chi connectivity index (χ2n) is 9.26. The Morgan fingerprint density at radius 2 is 0.868 bits per heavy atom. The molecule has 5 nitrogen and oxygen atoms in total. The zero-order valence-corrected chi connectivity index (χ0v) is 20.1. The van der Waals surface area contributed by atoms with Crippen LogP contribution < -0.4 is 0 Å². The Morgan fingerprint density at radius 1 is 0.368 bits per heavy atom. The Bertz CT molecular complexity index is 2070. The van der Waals surface area contributed by atoms with Crippen molar-refractivity contribution < 1.29 is 8.83 Å². The smallest absolute Gasteiger partial charge is 0.164 e. The van der Waals surface area contributed by atoms with Crippen molar-refractivity contribution in [2.24, 2.45) is 0 Å². The molecule has 0 saturated heterocycles. The van der Waals surface area contributed by atoms with Gasteiger partial charge < -0.3 is 8.83 Å². The minimum Gasteiger partial charge on any atom is -0.456 e. The van der Waals surface area contributed by atoms with E-state index in [-0.39, 0.29) is 0 Å². The van der Waals surface area contributed by atoms with Gasteiger partial charge in [0.15, 0.2) is 17.5 Å². The van der Waals surface area contributed by atoms with Crippen molar-refractivity contribution in [3.8, 4) is 34.2 Å². The molecule has 0 radical (unpaired) electrons. The lowest BCUT2D eigenvalue weighted by molar-refractivity contribution is 0.663. The van der Waals surface area contributed by atoms with Gasteiger partial charge in [0.2, 0.25) is 0 Å². The first-order valence-corrected chi connectivity index (χ1v) is 12.5. The van der Waals surface area contributed by atoms with Crippen LogP contribution in [0, 0.1) is 0 Å². The van der Waals surface area contributed by atoms with Crippen molar-refractivity contribution in [1.29, 1.82) is 0 Å². The average molecular weight is 490 g/mol.